The van der Waals surface area contributed by atoms with E-state index in [2.05, 4.69) is 333 Å². The number of anilines is 9. The lowest BCUT2D eigenvalue weighted by Gasteiger charge is -2.49. The minimum atomic E-state index is -0.311. The Bertz CT molecular complexity index is 4680. The molecule has 15 rings (SSSR count). The van der Waals surface area contributed by atoms with Crippen LogP contribution in [0.1, 0.15) is 179 Å². The van der Waals surface area contributed by atoms with Gasteiger partial charge in [-0.3, -0.25) is 0 Å². The summed E-state index contributed by atoms with van der Waals surface area (Å²) in [5, 5.41) is 2.20. The molecule has 0 amide bonds. The van der Waals surface area contributed by atoms with Gasteiger partial charge in [-0.1, -0.05) is 239 Å². The molecule has 0 spiro atoms. The first-order chi connectivity index (χ1) is 42.1. The van der Waals surface area contributed by atoms with E-state index in [0.29, 0.717) is 0 Å². The van der Waals surface area contributed by atoms with Gasteiger partial charge in [-0.2, -0.15) is 0 Å². The van der Waals surface area contributed by atoms with Crippen LogP contribution in [0.3, 0.4) is 0 Å². The van der Waals surface area contributed by atoms with Gasteiger partial charge in [0.15, 0.2) is 0 Å². The summed E-state index contributed by atoms with van der Waals surface area (Å²) < 4.78 is 6.89. The normalized spacial score (nSPS) is 16.4. The first kappa shape index (κ1) is 56.9. The average molecular weight is 1160 g/mol. The Balaban J connectivity index is 1.11. The number of nitrogens with zero attached hydrogens (tertiary/aromatic N) is 3. The molecule has 0 saturated heterocycles. The molecular formula is C84H84BN3O. The maximum atomic E-state index is 6.89. The van der Waals surface area contributed by atoms with Crippen LogP contribution < -0.4 is 31.1 Å². The van der Waals surface area contributed by atoms with Crippen molar-refractivity contribution < 1.29 is 4.42 Å². The van der Waals surface area contributed by atoms with E-state index in [0.717, 1.165) is 61.8 Å². The van der Waals surface area contributed by atoms with Gasteiger partial charge in [0.1, 0.15) is 11.2 Å². The molecule has 0 radical (unpaired) electrons. The summed E-state index contributed by atoms with van der Waals surface area (Å²) in [6.45, 7) is 40.3. The zero-order valence-electron chi connectivity index (χ0n) is 55.4. The summed E-state index contributed by atoms with van der Waals surface area (Å²) in [5.41, 5.74) is 29.6. The molecule has 2 aliphatic carbocycles. The van der Waals surface area contributed by atoms with Crippen molar-refractivity contribution in [1.82, 2.24) is 0 Å². The molecule has 11 aromatic rings. The van der Waals surface area contributed by atoms with E-state index >= 15 is 0 Å². The fourth-order valence-electron chi connectivity index (χ4n) is 16.3. The third-order valence-electron chi connectivity index (χ3n) is 21.4. The molecule has 10 aromatic carbocycles. The number of furan rings is 1. The molecule has 0 saturated carbocycles. The van der Waals surface area contributed by atoms with Crippen molar-refractivity contribution >= 4 is 96.2 Å². The third kappa shape index (κ3) is 8.39. The second-order valence-electron chi connectivity index (χ2n) is 31.5. The molecule has 5 heteroatoms. The number of fused-ring (bicyclic) bond motifs is 11. The topological polar surface area (TPSA) is 22.9 Å². The summed E-state index contributed by atoms with van der Waals surface area (Å²) in [6, 6.07) is 77.8. The van der Waals surface area contributed by atoms with Crippen LogP contribution in [0.4, 0.5) is 51.2 Å². The van der Waals surface area contributed by atoms with E-state index in [9.17, 15) is 0 Å². The highest BCUT2D eigenvalue weighted by Crippen LogP contribution is 2.57. The van der Waals surface area contributed by atoms with Crippen LogP contribution in [-0.2, 0) is 37.9 Å². The Labute approximate surface area is 529 Å². The lowest BCUT2D eigenvalue weighted by molar-refractivity contribution is 0.521. The van der Waals surface area contributed by atoms with Crippen molar-refractivity contribution in [1.29, 1.82) is 0 Å². The van der Waals surface area contributed by atoms with Crippen LogP contribution in [-0.4, -0.2) is 6.71 Å². The number of hydrogen-bond acceptors (Lipinski definition) is 4. The fraction of sp³-hybridized carbons (Fsp3) is 0.286. The van der Waals surface area contributed by atoms with Gasteiger partial charge in [0, 0.05) is 66.9 Å². The van der Waals surface area contributed by atoms with Crippen LogP contribution in [0.2, 0.25) is 0 Å². The molecule has 444 valence electrons. The number of benzene rings is 10. The van der Waals surface area contributed by atoms with Crippen molar-refractivity contribution in [3.63, 3.8) is 0 Å². The largest absolute Gasteiger partial charge is 0.456 e. The zero-order chi connectivity index (χ0) is 62.4. The van der Waals surface area contributed by atoms with E-state index in [-0.39, 0.29) is 44.6 Å². The van der Waals surface area contributed by atoms with Crippen molar-refractivity contribution in [3.8, 4) is 0 Å². The average Bonchev–Trinajstić information content (AvgIpc) is 0.770. The van der Waals surface area contributed by atoms with Gasteiger partial charge in [0.2, 0.25) is 0 Å². The summed E-state index contributed by atoms with van der Waals surface area (Å²) in [5.74, 6) is 0. The molecule has 4 nitrogen and oxygen atoms in total. The Kier molecular flexibility index (Phi) is 12.2. The molecular weight excluding hydrogens is 1080 g/mol. The second-order valence-corrected chi connectivity index (χ2v) is 31.5. The fourth-order valence-corrected chi connectivity index (χ4v) is 16.3. The van der Waals surface area contributed by atoms with E-state index < -0.39 is 0 Å². The predicted octanol–water partition coefficient (Wildman–Crippen LogP) is 21.0. The molecule has 3 heterocycles. The van der Waals surface area contributed by atoms with Crippen molar-refractivity contribution in [2.75, 3.05) is 14.7 Å². The molecule has 1 aromatic heterocycles. The van der Waals surface area contributed by atoms with Gasteiger partial charge in [0.05, 0.1) is 16.8 Å². The summed E-state index contributed by atoms with van der Waals surface area (Å²) in [7, 11) is 0. The van der Waals surface area contributed by atoms with Crippen LogP contribution >= 0.6 is 0 Å². The minimum absolute atomic E-state index is 0.0264. The quantitative estimate of drug-likeness (QED) is 0.160. The SMILES string of the molecule is CC(C)(C)c1ccc(N(c2ccc(C(C)(C)C)cc2)c2cc3c4c(c2)N(c2cccc5oc6ccccc6c25)c2cc5c(cc2B4c2cc(C(C)(C)C)ccc2N3c2ccc3c(c2)C(C)(C)c2ccccc2C3(C)C)C(C)(C)c2ccccc2C5(C)C)cc1. The molecule has 0 bridgehead atoms. The Hall–Kier alpha value is -8.54. The first-order valence-electron chi connectivity index (χ1n) is 32.4. The molecule has 0 unspecified atom stereocenters. The lowest BCUT2D eigenvalue weighted by atomic mass is 9.33. The van der Waals surface area contributed by atoms with Crippen molar-refractivity contribution in [3.05, 3.63) is 261 Å². The third-order valence-corrected chi connectivity index (χ3v) is 21.4. The van der Waals surface area contributed by atoms with Gasteiger partial charge >= 0.3 is 0 Å². The van der Waals surface area contributed by atoms with E-state index in [1.807, 2.05) is 0 Å². The predicted molar refractivity (Wildman–Crippen MR) is 380 cm³/mol. The molecule has 0 atom stereocenters. The first-order valence-corrected chi connectivity index (χ1v) is 32.4. The second kappa shape index (κ2) is 19.0. The van der Waals surface area contributed by atoms with Crippen molar-refractivity contribution in [2.24, 2.45) is 0 Å². The van der Waals surface area contributed by atoms with Gasteiger partial charge in [-0.15, -0.1) is 0 Å². The van der Waals surface area contributed by atoms with E-state index in [1.165, 1.54) is 89.0 Å². The van der Waals surface area contributed by atoms with E-state index in [4.69, 9.17) is 4.42 Å². The van der Waals surface area contributed by atoms with Crippen LogP contribution in [0, 0.1) is 0 Å². The van der Waals surface area contributed by atoms with Gasteiger partial charge < -0.3 is 19.1 Å². The van der Waals surface area contributed by atoms with Crippen LogP contribution in [0.5, 0.6) is 0 Å². The standard InChI is InChI=1S/C84H84BN3O/c1-78(2,3)51-33-38-54(39-34-51)86(55-40-35-52(36-41-55)79(4,5)6)57-47-72-77-73(48-57)88(70-30-24-32-75-76(70)58-25-18-23-31-74(58)89-75)71-50-66-65(83(14,15)61-28-21-22-29-62(61)84(66,16)17)49-68(71)85(77)67-45-53(80(7,8)9)37-44-69(67)87(72)56-42-43-63-64(46-56)82(12,13)60-27-20-19-26-59(60)81(63,10)11/h18-50H,1-17H3. The zero-order valence-corrected chi connectivity index (χ0v) is 55.4. The van der Waals surface area contributed by atoms with Crippen molar-refractivity contribution in [2.45, 2.75) is 156 Å². The monoisotopic (exact) mass is 1160 g/mol. The molecule has 4 aliphatic rings. The van der Waals surface area contributed by atoms with Crippen LogP contribution in [0.15, 0.2) is 205 Å². The van der Waals surface area contributed by atoms with Gasteiger partial charge in [0.25, 0.3) is 6.71 Å². The van der Waals surface area contributed by atoms with E-state index in [1.54, 1.807) is 0 Å². The molecule has 89 heavy (non-hydrogen) atoms. The Morgan fingerprint density at radius 1 is 0.337 bits per heavy atom. The highest BCUT2D eigenvalue weighted by atomic mass is 16.3. The number of hydrogen-bond donors (Lipinski definition) is 0. The molecule has 0 N–H and O–H groups in total. The lowest BCUT2D eigenvalue weighted by Crippen LogP contribution is -2.62. The Morgan fingerprint density at radius 3 is 1.34 bits per heavy atom. The van der Waals surface area contributed by atoms with Gasteiger partial charge in [-0.25, -0.2) is 0 Å². The number of para-hydroxylation sites is 1. The summed E-state index contributed by atoms with van der Waals surface area (Å²) in [4.78, 5) is 7.85. The maximum absolute atomic E-state index is 6.89. The van der Waals surface area contributed by atoms with Gasteiger partial charge in [-0.05, 0) is 173 Å². The molecule has 2 aliphatic heterocycles. The maximum Gasteiger partial charge on any atom is 0.252 e. The highest BCUT2D eigenvalue weighted by molar-refractivity contribution is 7.00. The highest BCUT2D eigenvalue weighted by Gasteiger charge is 2.50. The Morgan fingerprint density at radius 2 is 0.787 bits per heavy atom. The minimum Gasteiger partial charge on any atom is -0.456 e. The number of rotatable bonds is 5. The van der Waals surface area contributed by atoms with Crippen LogP contribution in [0.25, 0.3) is 21.9 Å². The smallest absolute Gasteiger partial charge is 0.252 e. The molecule has 0 fully saturated rings. The summed E-state index contributed by atoms with van der Waals surface area (Å²) >= 11 is 0. The summed E-state index contributed by atoms with van der Waals surface area (Å²) in [6.07, 6.45) is 0.